The fourth-order valence-electron chi connectivity index (χ4n) is 1.97. The Morgan fingerprint density at radius 1 is 1.20 bits per heavy atom. The molecule has 1 aromatic rings. The minimum atomic E-state index is 0.189. The third-order valence-corrected chi connectivity index (χ3v) is 2.77. The number of benzene rings is 1. The van der Waals surface area contributed by atoms with Crippen molar-refractivity contribution in [2.45, 2.75) is 46.0 Å². The van der Waals surface area contributed by atoms with Gasteiger partial charge in [-0.2, -0.15) is 0 Å². The van der Waals surface area contributed by atoms with E-state index in [2.05, 4.69) is 59.4 Å². The lowest BCUT2D eigenvalue weighted by Gasteiger charge is -2.24. The monoisotopic (exact) mass is 202 g/mol. The summed E-state index contributed by atoms with van der Waals surface area (Å²) in [6, 6.07) is 6.57. The van der Waals surface area contributed by atoms with E-state index in [9.17, 15) is 0 Å². The van der Waals surface area contributed by atoms with Crippen molar-refractivity contribution >= 4 is 6.08 Å². The van der Waals surface area contributed by atoms with Crippen molar-refractivity contribution < 1.29 is 0 Å². The van der Waals surface area contributed by atoms with Crippen LogP contribution < -0.4 is 0 Å². The Labute approximate surface area is 94.0 Å². The molecule has 0 atom stereocenters. The highest BCUT2D eigenvalue weighted by Gasteiger charge is 2.18. The van der Waals surface area contributed by atoms with Gasteiger partial charge in [-0.15, -0.1) is 0 Å². The standard InChI is InChI=1S/C15H22/c1-7-12-13(11(2)3)9-8-10-14(12)15(4,5)6/h7-11H,1H2,2-6H3. The van der Waals surface area contributed by atoms with Gasteiger partial charge in [0.2, 0.25) is 0 Å². The number of hydrogen-bond donors (Lipinski definition) is 0. The van der Waals surface area contributed by atoms with Crippen LogP contribution in [0.15, 0.2) is 24.8 Å². The first-order valence-electron chi connectivity index (χ1n) is 5.63. The van der Waals surface area contributed by atoms with E-state index in [1.165, 1.54) is 16.7 Å². The summed E-state index contributed by atoms with van der Waals surface area (Å²) in [5.41, 5.74) is 4.30. The summed E-state index contributed by atoms with van der Waals surface area (Å²) in [7, 11) is 0. The van der Waals surface area contributed by atoms with Gasteiger partial charge >= 0.3 is 0 Å². The van der Waals surface area contributed by atoms with Crippen LogP contribution >= 0.6 is 0 Å². The molecule has 0 saturated carbocycles. The Bertz CT molecular complexity index is 351. The highest BCUT2D eigenvalue weighted by atomic mass is 14.2. The molecule has 15 heavy (non-hydrogen) atoms. The highest BCUT2D eigenvalue weighted by Crippen LogP contribution is 2.31. The molecule has 0 heteroatoms. The van der Waals surface area contributed by atoms with E-state index >= 15 is 0 Å². The molecule has 0 heterocycles. The summed E-state index contributed by atoms with van der Waals surface area (Å²) in [5, 5.41) is 0. The van der Waals surface area contributed by atoms with Gasteiger partial charge in [-0.25, -0.2) is 0 Å². The zero-order chi connectivity index (χ0) is 11.6. The lowest BCUT2D eigenvalue weighted by Crippen LogP contribution is -2.14. The van der Waals surface area contributed by atoms with Crippen molar-refractivity contribution in [2.24, 2.45) is 0 Å². The normalized spacial score (nSPS) is 11.9. The molecular weight excluding hydrogens is 180 g/mol. The third kappa shape index (κ3) is 2.50. The third-order valence-electron chi connectivity index (χ3n) is 2.77. The average Bonchev–Trinajstić information content (AvgIpc) is 2.15. The molecule has 0 amide bonds. The predicted molar refractivity (Wildman–Crippen MR) is 69.3 cm³/mol. The van der Waals surface area contributed by atoms with Crippen LogP contribution in [0, 0.1) is 0 Å². The van der Waals surface area contributed by atoms with E-state index in [0.29, 0.717) is 5.92 Å². The maximum atomic E-state index is 3.95. The van der Waals surface area contributed by atoms with Gasteiger partial charge in [0.25, 0.3) is 0 Å². The van der Waals surface area contributed by atoms with Crippen molar-refractivity contribution in [1.29, 1.82) is 0 Å². The number of hydrogen-bond acceptors (Lipinski definition) is 0. The Hall–Kier alpha value is -1.04. The summed E-state index contributed by atoms with van der Waals surface area (Å²) in [5.74, 6) is 0.556. The fourth-order valence-corrected chi connectivity index (χ4v) is 1.97. The smallest absolute Gasteiger partial charge is 0.0126 e. The van der Waals surface area contributed by atoms with Gasteiger partial charge in [0.1, 0.15) is 0 Å². The fraction of sp³-hybridized carbons (Fsp3) is 0.467. The van der Waals surface area contributed by atoms with Crippen LogP contribution in [0.3, 0.4) is 0 Å². The van der Waals surface area contributed by atoms with E-state index in [4.69, 9.17) is 0 Å². The second-order valence-electron chi connectivity index (χ2n) is 5.42. The lowest BCUT2D eigenvalue weighted by atomic mass is 9.80. The minimum absolute atomic E-state index is 0.189. The zero-order valence-electron chi connectivity index (χ0n) is 10.6. The van der Waals surface area contributed by atoms with Gasteiger partial charge in [-0.1, -0.05) is 65.5 Å². The first kappa shape index (κ1) is 12.0. The van der Waals surface area contributed by atoms with E-state index in [-0.39, 0.29) is 5.41 Å². The maximum absolute atomic E-state index is 3.95. The predicted octanol–water partition coefficient (Wildman–Crippen LogP) is 4.75. The van der Waals surface area contributed by atoms with Gasteiger partial charge in [-0.05, 0) is 28.0 Å². The van der Waals surface area contributed by atoms with E-state index in [1.54, 1.807) is 0 Å². The Morgan fingerprint density at radius 2 is 1.80 bits per heavy atom. The second-order valence-corrected chi connectivity index (χ2v) is 5.42. The van der Waals surface area contributed by atoms with Crippen LogP contribution in [0.2, 0.25) is 0 Å². The summed E-state index contributed by atoms with van der Waals surface area (Å²) < 4.78 is 0. The molecule has 82 valence electrons. The molecule has 0 nitrogen and oxygen atoms in total. The van der Waals surface area contributed by atoms with Gasteiger partial charge in [0, 0.05) is 0 Å². The molecule has 0 spiro atoms. The summed E-state index contributed by atoms with van der Waals surface area (Å²) in [6.07, 6.45) is 2.00. The van der Waals surface area contributed by atoms with Crippen LogP contribution in [-0.2, 0) is 5.41 Å². The van der Waals surface area contributed by atoms with Gasteiger partial charge < -0.3 is 0 Å². The zero-order valence-corrected chi connectivity index (χ0v) is 10.6. The number of rotatable bonds is 2. The molecule has 0 radical (unpaired) electrons. The molecule has 0 aliphatic heterocycles. The van der Waals surface area contributed by atoms with Crippen molar-refractivity contribution in [3.8, 4) is 0 Å². The van der Waals surface area contributed by atoms with E-state index in [1.807, 2.05) is 6.08 Å². The molecule has 0 aliphatic carbocycles. The van der Waals surface area contributed by atoms with Crippen molar-refractivity contribution in [3.05, 3.63) is 41.5 Å². The van der Waals surface area contributed by atoms with Crippen LogP contribution in [0.5, 0.6) is 0 Å². The summed E-state index contributed by atoms with van der Waals surface area (Å²) in [4.78, 5) is 0. The largest absolute Gasteiger partial charge is 0.0984 e. The molecule has 1 aromatic carbocycles. The van der Waals surface area contributed by atoms with Crippen LogP contribution in [-0.4, -0.2) is 0 Å². The Balaban J connectivity index is 3.42. The van der Waals surface area contributed by atoms with E-state index < -0.39 is 0 Å². The molecule has 0 N–H and O–H groups in total. The first-order chi connectivity index (χ1) is 6.88. The molecule has 0 aromatic heterocycles. The van der Waals surface area contributed by atoms with Gasteiger partial charge in [0.05, 0.1) is 0 Å². The topological polar surface area (TPSA) is 0 Å². The molecule has 0 bridgehead atoms. The van der Waals surface area contributed by atoms with Gasteiger partial charge in [-0.3, -0.25) is 0 Å². The molecule has 1 rings (SSSR count). The molecular formula is C15H22. The van der Waals surface area contributed by atoms with Crippen molar-refractivity contribution in [1.82, 2.24) is 0 Å². The molecule has 0 saturated heterocycles. The summed E-state index contributed by atoms with van der Waals surface area (Å²) in [6.45, 7) is 15.2. The second kappa shape index (κ2) is 4.22. The first-order valence-corrected chi connectivity index (χ1v) is 5.63. The molecule has 0 fully saturated rings. The lowest BCUT2D eigenvalue weighted by molar-refractivity contribution is 0.587. The molecule has 0 unspecified atom stereocenters. The minimum Gasteiger partial charge on any atom is -0.0984 e. The Morgan fingerprint density at radius 3 is 2.20 bits per heavy atom. The van der Waals surface area contributed by atoms with Crippen LogP contribution in [0.4, 0.5) is 0 Å². The van der Waals surface area contributed by atoms with Gasteiger partial charge in [0.15, 0.2) is 0 Å². The SMILES string of the molecule is C=Cc1c(C(C)C)cccc1C(C)(C)C. The van der Waals surface area contributed by atoms with Crippen LogP contribution in [0.1, 0.15) is 57.2 Å². The summed E-state index contributed by atoms with van der Waals surface area (Å²) >= 11 is 0. The highest BCUT2D eigenvalue weighted by molar-refractivity contribution is 5.59. The quantitative estimate of drug-likeness (QED) is 0.649. The molecule has 0 aliphatic rings. The van der Waals surface area contributed by atoms with Crippen molar-refractivity contribution in [2.75, 3.05) is 0 Å². The van der Waals surface area contributed by atoms with Crippen LogP contribution in [0.25, 0.3) is 6.08 Å². The average molecular weight is 202 g/mol. The van der Waals surface area contributed by atoms with Crippen molar-refractivity contribution in [3.63, 3.8) is 0 Å². The maximum Gasteiger partial charge on any atom is -0.0126 e. The Kier molecular flexibility index (Phi) is 3.38. The van der Waals surface area contributed by atoms with E-state index in [0.717, 1.165) is 0 Å².